The van der Waals surface area contributed by atoms with E-state index < -0.39 is 11.7 Å². The highest BCUT2D eigenvalue weighted by atomic mass is 19.4. The second-order valence-electron chi connectivity index (χ2n) is 8.30. The average Bonchev–Trinajstić information content (AvgIpc) is 3.27. The van der Waals surface area contributed by atoms with Crippen molar-refractivity contribution >= 4 is 11.9 Å². The summed E-state index contributed by atoms with van der Waals surface area (Å²) in [6.07, 6.45) is -0.162. The van der Waals surface area contributed by atoms with E-state index in [0.29, 0.717) is 37.5 Å². The topological polar surface area (TPSA) is 114 Å². The monoisotopic (exact) mass is 482 g/mol. The SMILES string of the molecule is Cc1c(OC[C@H]2CC[C@@H](CC(=O)N3CCN(c4ncc(C(F)(F)F)cn4)CC3)O2)cn[nH]c1=O. The van der Waals surface area contributed by atoms with Crippen LogP contribution in [0.4, 0.5) is 19.1 Å². The van der Waals surface area contributed by atoms with Crippen molar-refractivity contribution in [3.63, 3.8) is 0 Å². The molecular formula is C21H25F3N6O4. The molecule has 0 spiro atoms. The van der Waals surface area contributed by atoms with E-state index in [9.17, 15) is 22.8 Å². The van der Waals surface area contributed by atoms with Crippen molar-refractivity contribution in [2.24, 2.45) is 0 Å². The van der Waals surface area contributed by atoms with Gasteiger partial charge in [0.1, 0.15) is 12.4 Å². The van der Waals surface area contributed by atoms with Gasteiger partial charge in [0.2, 0.25) is 11.9 Å². The van der Waals surface area contributed by atoms with Crippen LogP contribution in [-0.4, -0.2) is 76.0 Å². The third kappa shape index (κ3) is 5.64. The molecule has 2 aromatic heterocycles. The fourth-order valence-corrected chi connectivity index (χ4v) is 3.93. The van der Waals surface area contributed by atoms with E-state index in [1.807, 2.05) is 0 Å². The first-order valence-electron chi connectivity index (χ1n) is 10.9. The number of carbonyl (C=O) groups excluding carboxylic acids is 1. The van der Waals surface area contributed by atoms with Crippen LogP contribution in [0.2, 0.25) is 0 Å². The Labute approximate surface area is 193 Å². The molecule has 13 heteroatoms. The fourth-order valence-electron chi connectivity index (χ4n) is 3.93. The van der Waals surface area contributed by atoms with E-state index in [1.54, 1.807) is 16.7 Å². The van der Waals surface area contributed by atoms with Gasteiger partial charge in [-0.2, -0.15) is 18.3 Å². The lowest BCUT2D eigenvalue weighted by Crippen LogP contribution is -2.49. The maximum Gasteiger partial charge on any atom is 0.419 e. The summed E-state index contributed by atoms with van der Waals surface area (Å²) >= 11 is 0. The van der Waals surface area contributed by atoms with Crippen LogP contribution in [0.3, 0.4) is 0 Å². The number of aromatic nitrogens is 4. The second-order valence-corrected chi connectivity index (χ2v) is 8.30. The van der Waals surface area contributed by atoms with Gasteiger partial charge in [0.25, 0.3) is 5.56 Å². The van der Waals surface area contributed by atoms with Crippen molar-refractivity contribution < 1.29 is 27.4 Å². The molecule has 184 valence electrons. The van der Waals surface area contributed by atoms with E-state index in [-0.39, 0.29) is 42.7 Å². The van der Waals surface area contributed by atoms with Gasteiger partial charge in [0.15, 0.2) is 0 Å². The number of piperazine rings is 1. The molecule has 0 radical (unpaired) electrons. The number of hydrogen-bond donors (Lipinski definition) is 1. The summed E-state index contributed by atoms with van der Waals surface area (Å²) in [5.74, 6) is 0.587. The van der Waals surface area contributed by atoms with Crippen molar-refractivity contribution in [3.05, 3.63) is 40.1 Å². The Kier molecular flexibility index (Phi) is 7.00. The number of ether oxygens (including phenoxy) is 2. The Morgan fingerprint density at radius 3 is 2.50 bits per heavy atom. The Balaban J connectivity index is 1.21. The molecule has 2 aliphatic heterocycles. The molecule has 2 atom stereocenters. The zero-order valence-electron chi connectivity index (χ0n) is 18.5. The van der Waals surface area contributed by atoms with Gasteiger partial charge in [-0.05, 0) is 19.8 Å². The molecule has 0 aliphatic carbocycles. The maximum atomic E-state index is 12.7. The predicted molar refractivity (Wildman–Crippen MR) is 113 cm³/mol. The zero-order valence-corrected chi connectivity index (χ0v) is 18.5. The summed E-state index contributed by atoms with van der Waals surface area (Å²) in [7, 11) is 0. The summed E-state index contributed by atoms with van der Waals surface area (Å²) < 4.78 is 49.6. The largest absolute Gasteiger partial charge is 0.489 e. The van der Waals surface area contributed by atoms with Crippen LogP contribution in [0.25, 0.3) is 0 Å². The number of nitrogens with one attached hydrogen (secondary N) is 1. The van der Waals surface area contributed by atoms with Crippen LogP contribution >= 0.6 is 0 Å². The lowest BCUT2D eigenvalue weighted by molar-refractivity contribution is -0.138. The number of H-pyrrole nitrogens is 1. The number of anilines is 1. The highest BCUT2D eigenvalue weighted by Crippen LogP contribution is 2.28. The standard InChI is InChI=1S/C21H25F3N6O4/c1-13-17(11-27-28-19(13)32)33-12-16-3-2-15(34-16)8-18(31)29-4-6-30(7-5-29)20-25-9-14(10-26-20)21(22,23)24/h9-11,15-16H,2-8,12H2,1H3,(H,28,32)/t15-,16+/m0/s1. The first-order chi connectivity index (χ1) is 16.2. The summed E-state index contributed by atoms with van der Waals surface area (Å²) in [4.78, 5) is 35.4. The molecule has 4 rings (SSSR count). The summed E-state index contributed by atoms with van der Waals surface area (Å²) in [6, 6.07) is 0. The molecule has 1 N–H and O–H groups in total. The Bertz CT molecular complexity index is 1050. The van der Waals surface area contributed by atoms with Crippen molar-refractivity contribution in [1.82, 2.24) is 25.1 Å². The lowest BCUT2D eigenvalue weighted by Gasteiger charge is -2.35. The molecule has 1 amide bonds. The zero-order chi connectivity index (χ0) is 24.3. The fraction of sp³-hybridized carbons (Fsp3) is 0.571. The smallest absolute Gasteiger partial charge is 0.419 e. The van der Waals surface area contributed by atoms with Gasteiger partial charge in [0, 0.05) is 38.6 Å². The van der Waals surface area contributed by atoms with E-state index in [0.717, 1.165) is 25.2 Å². The Morgan fingerprint density at radius 2 is 1.82 bits per heavy atom. The van der Waals surface area contributed by atoms with Crippen molar-refractivity contribution in [2.75, 3.05) is 37.7 Å². The van der Waals surface area contributed by atoms with Crippen LogP contribution in [0.5, 0.6) is 5.75 Å². The lowest BCUT2D eigenvalue weighted by atomic mass is 10.1. The maximum absolute atomic E-state index is 12.7. The third-order valence-electron chi connectivity index (χ3n) is 5.96. The number of amides is 1. The second kappa shape index (κ2) is 9.95. The molecule has 2 aromatic rings. The number of alkyl halides is 3. The summed E-state index contributed by atoms with van der Waals surface area (Å²) in [5, 5.41) is 6.06. The first kappa shape index (κ1) is 23.9. The number of aromatic amines is 1. The number of nitrogens with zero attached hydrogens (tertiary/aromatic N) is 5. The van der Waals surface area contributed by atoms with E-state index >= 15 is 0 Å². The van der Waals surface area contributed by atoms with Crippen molar-refractivity contribution in [3.8, 4) is 5.75 Å². The van der Waals surface area contributed by atoms with Gasteiger partial charge >= 0.3 is 6.18 Å². The van der Waals surface area contributed by atoms with Crippen LogP contribution in [-0.2, 0) is 15.7 Å². The number of carbonyl (C=O) groups is 1. The Morgan fingerprint density at radius 1 is 1.15 bits per heavy atom. The van der Waals surface area contributed by atoms with Gasteiger partial charge in [-0.25, -0.2) is 15.1 Å². The van der Waals surface area contributed by atoms with Crippen LogP contribution in [0.15, 0.2) is 23.4 Å². The quantitative estimate of drug-likeness (QED) is 0.660. The molecular weight excluding hydrogens is 457 g/mol. The molecule has 4 heterocycles. The average molecular weight is 482 g/mol. The minimum atomic E-state index is -4.48. The summed E-state index contributed by atoms with van der Waals surface area (Å²) in [5.41, 5.74) is -0.756. The number of hydrogen-bond acceptors (Lipinski definition) is 8. The van der Waals surface area contributed by atoms with Crippen molar-refractivity contribution in [2.45, 2.75) is 44.6 Å². The first-order valence-corrected chi connectivity index (χ1v) is 10.9. The molecule has 0 bridgehead atoms. The van der Waals surface area contributed by atoms with Gasteiger partial charge in [-0.3, -0.25) is 9.59 Å². The number of rotatable bonds is 6. The Hall–Kier alpha value is -3.22. The number of halogens is 3. The van der Waals surface area contributed by atoms with Gasteiger partial charge in [0.05, 0.1) is 36.0 Å². The van der Waals surface area contributed by atoms with Crippen LogP contribution in [0, 0.1) is 6.92 Å². The van der Waals surface area contributed by atoms with Gasteiger partial charge in [-0.15, -0.1) is 0 Å². The normalized spacial score (nSPS) is 21.1. The molecule has 34 heavy (non-hydrogen) atoms. The molecule has 10 nitrogen and oxygen atoms in total. The minimum absolute atomic E-state index is 0.0332. The van der Waals surface area contributed by atoms with E-state index in [1.165, 1.54) is 6.20 Å². The molecule has 0 unspecified atom stereocenters. The van der Waals surface area contributed by atoms with E-state index in [4.69, 9.17) is 9.47 Å². The summed E-state index contributed by atoms with van der Waals surface area (Å²) in [6.45, 7) is 3.64. The minimum Gasteiger partial charge on any atom is -0.489 e. The molecule has 0 aromatic carbocycles. The third-order valence-corrected chi connectivity index (χ3v) is 5.96. The van der Waals surface area contributed by atoms with Crippen LogP contribution in [0.1, 0.15) is 30.4 Å². The highest BCUT2D eigenvalue weighted by molar-refractivity contribution is 5.77. The molecule has 2 fully saturated rings. The predicted octanol–water partition coefficient (Wildman–Crippen LogP) is 1.55. The van der Waals surface area contributed by atoms with Gasteiger partial charge < -0.3 is 19.3 Å². The van der Waals surface area contributed by atoms with E-state index in [2.05, 4.69) is 20.2 Å². The van der Waals surface area contributed by atoms with Crippen molar-refractivity contribution in [1.29, 1.82) is 0 Å². The van der Waals surface area contributed by atoms with Gasteiger partial charge in [-0.1, -0.05) is 0 Å². The molecule has 2 aliphatic rings. The molecule has 0 saturated carbocycles. The molecule has 2 saturated heterocycles. The highest BCUT2D eigenvalue weighted by Gasteiger charge is 2.33. The van der Waals surface area contributed by atoms with Crippen LogP contribution < -0.4 is 15.2 Å².